The number of aliphatic hydroxyl groups excluding tert-OH is 1. The van der Waals surface area contributed by atoms with E-state index in [9.17, 15) is 5.11 Å². The van der Waals surface area contributed by atoms with Crippen molar-refractivity contribution in [1.29, 1.82) is 0 Å². The number of aryl methyl sites for hydroxylation is 1. The molecule has 16 heavy (non-hydrogen) atoms. The van der Waals surface area contributed by atoms with E-state index in [1.54, 1.807) is 0 Å². The maximum Gasteiger partial charge on any atom is 0.0687 e. The molecular formula is C13H22N2O. The van der Waals surface area contributed by atoms with Gasteiger partial charge in [-0.1, -0.05) is 18.2 Å². The molecule has 3 nitrogen and oxygen atoms in total. The third kappa shape index (κ3) is 3.83. The number of hydrogen-bond donors (Lipinski definition) is 2. The Hall–Kier alpha value is -1.06. The molecule has 0 fully saturated rings. The van der Waals surface area contributed by atoms with Crippen LogP contribution in [0.4, 0.5) is 5.69 Å². The third-order valence-electron chi connectivity index (χ3n) is 2.57. The molecule has 0 saturated carbocycles. The minimum atomic E-state index is -0.322. The molecule has 0 spiro atoms. The van der Waals surface area contributed by atoms with E-state index in [0.717, 1.165) is 13.0 Å². The number of nitrogens with zero attached hydrogens (tertiary/aromatic N) is 1. The molecule has 0 aliphatic carbocycles. The molecule has 1 rings (SSSR count). The summed E-state index contributed by atoms with van der Waals surface area (Å²) in [6, 6.07) is 8.24. The molecule has 0 radical (unpaired) electrons. The SMILES string of the molecule is Cc1ccccc1N(CCCN)CC(C)O. The van der Waals surface area contributed by atoms with Crippen molar-refractivity contribution in [1.82, 2.24) is 0 Å². The Morgan fingerprint density at radius 3 is 2.62 bits per heavy atom. The Kier molecular flexibility index (Phi) is 5.29. The van der Waals surface area contributed by atoms with E-state index in [4.69, 9.17) is 5.73 Å². The van der Waals surface area contributed by atoms with E-state index < -0.39 is 0 Å². The Bertz CT molecular complexity index is 313. The van der Waals surface area contributed by atoms with Crippen molar-refractivity contribution in [3.8, 4) is 0 Å². The maximum absolute atomic E-state index is 9.50. The van der Waals surface area contributed by atoms with Gasteiger partial charge in [0.05, 0.1) is 6.10 Å². The van der Waals surface area contributed by atoms with Crippen molar-refractivity contribution in [2.75, 3.05) is 24.5 Å². The van der Waals surface area contributed by atoms with Crippen LogP contribution in [0.2, 0.25) is 0 Å². The number of para-hydroxylation sites is 1. The summed E-state index contributed by atoms with van der Waals surface area (Å²) < 4.78 is 0. The lowest BCUT2D eigenvalue weighted by Crippen LogP contribution is -2.33. The summed E-state index contributed by atoms with van der Waals surface area (Å²) in [5.74, 6) is 0. The van der Waals surface area contributed by atoms with E-state index in [2.05, 4.69) is 24.0 Å². The van der Waals surface area contributed by atoms with E-state index in [1.165, 1.54) is 11.3 Å². The predicted octanol–water partition coefficient (Wildman–Crippen LogP) is 1.53. The lowest BCUT2D eigenvalue weighted by atomic mass is 10.1. The van der Waals surface area contributed by atoms with Gasteiger partial charge in [0.15, 0.2) is 0 Å². The van der Waals surface area contributed by atoms with E-state index in [1.807, 2.05) is 19.1 Å². The van der Waals surface area contributed by atoms with Crippen molar-refractivity contribution < 1.29 is 5.11 Å². The van der Waals surface area contributed by atoms with Crippen molar-refractivity contribution in [3.63, 3.8) is 0 Å². The minimum absolute atomic E-state index is 0.322. The highest BCUT2D eigenvalue weighted by molar-refractivity contribution is 5.53. The van der Waals surface area contributed by atoms with E-state index in [0.29, 0.717) is 13.1 Å². The second kappa shape index (κ2) is 6.51. The van der Waals surface area contributed by atoms with Gasteiger partial charge in [-0.05, 0) is 38.4 Å². The molecule has 0 amide bonds. The highest BCUT2D eigenvalue weighted by Gasteiger charge is 2.10. The van der Waals surface area contributed by atoms with Gasteiger partial charge in [0.1, 0.15) is 0 Å². The van der Waals surface area contributed by atoms with Gasteiger partial charge in [-0.2, -0.15) is 0 Å². The van der Waals surface area contributed by atoms with Gasteiger partial charge in [-0.15, -0.1) is 0 Å². The average Bonchev–Trinajstić information content (AvgIpc) is 2.24. The number of benzene rings is 1. The first-order valence-electron chi connectivity index (χ1n) is 5.84. The van der Waals surface area contributed by atoms with Gasteiger partial charge in [-0.25, -0.2) is 0 Å². The molecule has 0 bridgehead atoms. The molecule has 3 N–H and O–H groups in total. The summed E-state index contributed by atoms with van der Waals surface area (Å²) in [4.78, 5) is 2.20. The van der Waals surface area contributed by atoms with Crippen LogP contribution >= 0.6 is 0 Å². The summed E-state index contributed by atoms with van der Waals surface area (Å²) in [5, 5.41) is 9.50. The quantitative estimate of drug-likeness (QED) is 0.767. The fourth-order valence-corrected chi connectivity index (χ4v) is 1.83. The first-order chi connectivity index (χ1) is 7.65. The van der Waals surface area contributed by atoms with Crippen molar-refractivity contribution in [2.45, 2.75) is 26.4 Å². The van der Waals surface area contributed by atoms with Crippen LogP contribution in [0.3, 0.4) is 0 Å². The molecule has 0 aliphatic rings. The van der Waals surface area contributed by atoms with Crippen LogP contribution in [0.15, 0.2) is 24.3 Å². The number of nitrogens with two attached hydrogens (primary N) is 1. The summed E-state index contributed by atoms with van der Waals surface area (Å²) in [5.41, 5.74) is 7.96. The van der Waals surface area contributed by atoms with Gasteiger partial charge < -0.3 is 15.7 Å². The molecule has 0 aromatic heterocycles. The minimum Gasteiger partial charge on any atom is -0.392 e. The van der Waals surface area contributed by atoms with Crippen LogP contribution in [0.1, 0.15) is 18.9 Å². The summed E-state index contributed by atoms with van der Waals surface area (Å²) in [6.45, 7) is 6.14. The first-order valence-corrected chi connectivity index (χ1v) is 5.84. The maximum atomic E-state index is 9.50. The molecule has 1 aromatic rings. The number of anilines is 1. The Balaban J connectivity index is 2.78. The highest BCUT2D eigenvalue weighted by atomic mass is 16.3. The smallest absolute Gasteiger partial charge is 0.0687 e. The summed E-state index contributed by atoms with van der Waals surface area (Å²) >= 11 is 0. The number of aliphatic hydroxyl groups is 1. The highest BCUT2D eigenvalue weighted by Crippen LogP contribution is 2.19. The normalized spacial score (nSPS) is 12.5. The predicted molar refractivity (Wildman–Crippen MR) is 68.7 cm³/mol. The topological polar surface area (TPSA) is 49.5 Å². The lowest BCUT2D eigenvalue weighted by molar-refractivity contribution is 0.200. The van der Waals surface area contributed by atoms with Crippen LogP contribution in [-0.2, 0) is 0 Å². The molecule has 0 heterocycles. The lowest BCUT2D eigenvalue weighted by Gasteiger charge is -2.27. The van der Waals surface area contributed by atoms with Gasteiger partial charge in [-0.3, -0.25) is 0 Å². The van der Waals surface area contributed by atoms with Crippen molar-refractivity contribution >= 4 is 5.69 Å². The largest absolute Gasteiger partial charge is 0.392 e. The van der Waals surface area contributed by atoms with Crippen molar-refractivity contribution in [2.24, 2.45) is 5.73 Å². The van der Waals surface area contributed by atoms with Gasteiger partial charge in [0.2, 0.25) is 0 Å². The standard InChI is InChI=1S/C13H22N2O/c1-11-6-3-4-7-13(11)15(9-5-8-14)10-12(2)16/h3-4,6-7,12,16H,5,8-10,14H2,1-2H3. The number of hydrogen-bond acceptors (Lipinski definition) is 3. The molecule has 0 saturated heterocycles. The van der Waals surface area contributed by atoms with Gasteiger partial charge in [0, 0.05) is 18.8 Å². The van der Waals surface area contributed by atoms with E-state index >= 15 is 0 Å². The zero-order valence-electron chi connectivity index (χ0n) is 10.2. The number of rotatable bonds is 6. The second-order valence-corrected chi connectivity index (χ2v) is 4.22. The van der Waals surface area contributed by atoms with Gasteiger partial charge in [0.25, 0.3) is 0 Å². The fraction of sp³-hybridized carbons (Fsp3) is 0.538. The monoisotopic (exact) mass is 222 g/mol. The van der Waals surface area contributed by atoms with Crippen LogP contribution < -0.4 is 10.6 Å². The Labute approximate surface area is 97.9 Å². The van der Waals surface area contributed by atoms with Crippen LogP contribution in [0.25, 0.3) is 0 Å². The average molecular weight is 222 g/mol. The van der Waals surface area contributed by atoms with Crippen LogP contribution in [0.5, 0.6) is 0 Å². The zero-order valence-corrected chi connectivity index (χ0v) is 10.2. The zero-order chi connectivity index (χ0) is 12.0. The van der Waals surface area contributed by atoms with E-state index in [-0.39, 0.29) is 6.10 Å². The summed E-state index contributed by atoms with van der Waals surface area (Å²) in [6.07, 6.45) is 0.624. The Morgan fingerprint density at radius 2 is 2.06 bits per heavy atom. The molecule has 0 aliphatic heterocycles. The molecule has 3 heteroatoms. The fourth-order valence-electron chi connectivity index (χ4n) is 1.83. The first kappa shape index (κ1) is 13.0. The Morgan fingerprint density at radius 1 is 1.38 bits per heavy atom. The molecule has 1 atom stereocenters. The van der Waals surface area contributed by atoms with Gasteiger partial charge >= 0.3 is 0 Å². The molecule has 1 unspecified atom stereocenters. The molecule has 90 valence electrons. The summed E-state index contributed by atoms with van der Waals surface area (Å²) in [7, 11) is 0. The van der Waals surface area contributed by atoms with Crippen LogP contribution in [0, 0.1) is 6.92 Å². The second-order valence-electron chi connectivity index (χ2n) is 4.22. The van der Waals surface area contributed by atoms with Crippen LogP contribution in [-0.4, -0.2) is 30.8 Å². The third-order valence-corrected chi connectivity index (χ3v) is 2.57. The molecular weight excluding hydrogens is 200 g/mol. The molecule has 1 aromatic carbocycles. The van der Waals surface area contributed by atoms with Crippen molar-refractivity contribution in [3.05, 3.63) is 29.8 Å².